The lowest BCUT2D eigenvalue weighted by Crippen LogP contribution is -1.92. The van der Waals surface area contributed by atoms with Crippen LogP contribution in [-0.2, 0) is 6.61 Å². The molecule has 0 radical (unpaired) electrons. The van der Waals surface area contributed by atoms with Crippen LogP contribution in [0.3, 0.4) is 0 Å². The second-order valence-electron chi connectivity index (χ2n) is 4.27. The summed E-state index contributed by atoms with van der Waals surface area (Å²) >= 11 is 11.9. The Hall–Kier alpha value is -1.03. The topological polar surface area (TPSA) is 46.3 Å². The minimum absolute atomic E-state index is 0.151. The molecule has 0 unspecified atom stereocenters. The molecule has 1 heterocycles. The van der Waals surface area contributed by atoms with Gasteiger partial charge in [-0.15, -0.1) is 0 Å². The van der Waals surface area contributed by atoms with Gasteiger partial charge < -0.3 is 9.52 Å². The van der Waals surface area contributed by atoms with E-state index in [0.717, 1.165) is 0 Å². The lowest BCUT2D eigenvalue weighted by atomic mass is 10.1. The van der Waals surface area contributed by atoms with Crippen molar-refractivity contribution < 1.29 is 9.52 Å². The van der Waals surface area contributed by atoms with Gasteiger partial charge in [-0.3, -0.25) is 0 Å². The minimum atomic E-state index is -0.151. The van der Waals surface area contributed by atoms with Crippen molar-refractivity contribution in [3.63, 3.8) is 0 Å². The number of nitrogens with zero attached hydrogens (tertiary/aromatic N) is 1. The van der Waals surface area contributed by atoms with Crippen LogP contribution in [0.4, 0.5) is 0 Å². The maximum Gasteiger partial charge on any atom is 0.228 e. The van der Waals surface area contributed by atoms with Crippen molar-refractivity contribution in [2.75, 3.05) is 0 Å². The number of hydrogen-bond donors (Lipinski definition) is 1. The number of aliphatic hydroxyl groups is 1. The highest BCUT2D eigenvalue weighted by atomic mass is 35.5. The minimum Gasteiger partial charge on any atom is -0.440 e. The van der Waals surface area contributed by atoms with E-state index in [4.69, 9.17) is 27.6 Å². The molecule has 0 amide bonds. The summed E-state index contributed by atoms with van der Waals surface area (Å²) in [6, 6.07) is 5.11. The zero-order chi connectivity index (χ0) is 13.3. The molecule has 0 saturated carbocycles. The normalized spacial score (nSPS) is 11.2. The van der Waals surface area contributed by atoms with E-state index in [1.54, 1.807) is 18.2 Å². The van der Waals surface area contributed by atoms with Crippen molar-refractivity contribution in [2.45, 2.75) is 26.4 Å². The Morgan fingerprint density at radius 1 is 1.33 bits per heavy atom. The molecule has 0 saturated heterocycles. The quantitative estimate of drug-likeness (QED) is 0.916. The van der Waals surface area contributed by atoms with Gasteiger partial charge in [0.05, 0.1) is 17.2 Å². The van der Waals surface area contributed by atoms with Gasteiger partial charge >= 0.3 is 0 Å². The molecule has 0 bridgehead atoms. The van der Waals surface area contributed by atoms with Crippen molar-refractivity contribution >= 4 is 23.2 Å². The Kier molecular flexibility index (Phi) is 3.95. The zero-order valence-electron chi connectivity index (χ0n) is 10.1. The SMILES string of the molecule is CC(C)c1oc(-c2ccc(Cl)cc2Cl)nc1CO. The van der Waals surface area contributed by atoms with Crippen molar-refractivity contribution in [3.8, 4) is 11.5 Å². The monoisotopic (exact) mass is 285 g/mol. The highest BCUT2D eigenvalue weighted by Crippen LogP contribution is 2.32. The largest absolute Gasteiger partial charge is 0.440 e. The Morgan fingerprint density at radius 2 is 2.06 bits per heavy atom. The van der Waals surface area contributed by atoms with Gasteiger partial charge in [-0.05, 0) is 18.2 Å². The fraction of sp³-hybridized carbons (Fsp3) is 0.308. The van der Waals surface area contributed by atoms with Crippen LogP contribution >= 0.6 is 23.2 Å². The van der Waals surface area contributed by atoms with E-state index in [-0.39, 0.29) is 12.5 Å². The maximum absolute atomic E-state index is 9.26. The number of aliphatic hydroxyl groups excluding tert-OH is 1. The maximum atomic E-state index is 9.26. The number of hydrogen-bond acceptors (Lipinski definition) is 3. The number of halogens is 2. The molecule has 0 aliphatic carbocycles. The van der Waals surface area contributed by atoms with Gasteiger partial charge in [0.1, 0.15) is 11.5 Å². The molecule has 3 nitrogen and oxygen atoms in total. The second-order valence-corrected chi connectivity index (χ2v) is 5.11. The average molecular weight is 286 g/mol. The molecular weight excluding hydrogens is 273 g/mol. The van der Waals surface area contributed by atoms with Crippen LogP contribution < -0.4 is 0 Å². The molecule has 0 fully saturated rings. The molecule has 0 atom stereocenters. The summed E-state index contributed by atoms with van der Waals surface area (Å²) in [4.78, 5) is 4.27. The van der Waals surface area contributed by atoms with Crippen molar-refractivity contribution in [3.05, 3.63) is 39.7 Å². The standard InChI is InChI=1S/C13H13Cl2NO2/c1-7(2)12-11(6-17)16-13(18-12)9-4-3-8(14)5-10(9)15/h3-5,7,17H,6H2,1-2H3. The summed E-state index contributed by atoms with van der Waals surface area (Å²) in [5.41, 5.74) is 1.22. The fourth-order valence-corrected chi connectivity index (χ4v) is 2.20. The lowest BCUT2D eigenvalue weighted by Gasteiger charge is -2.01. The predicted molar refractivity (Wildman–Crippen MR) is 72.0 cm³/mol. The van der Waals surface area contributed by atoms with Gasteiger partial charge in [-0.25, -0.2) is 4.98 Å². The van der Waals surface area contributed by atoms with E-state index in [1.165, 1.54) is 0 Å². The summed E-state index contributed by atoms with van der Waals surface area (Å²) in [6.07, 6.45) is 0. The summed E-state index contributed by atoms with van der Waals surface area (Å²) in [5.74, 6) is 1.24. The molecule has 1 aromatic carbocycles. The highest BCUT2D eigenvalue weighted by molar-refractivity contribution is 6.36. The van der Waals surface area contributed by atoms with Crippen LogP contribution in [0, 0.1) is 0 Å². The number of benzene rings is 1. The van der Waals surface area contributed by atoms with Crippen molar-refractivity contribution in [1.29, 1.82) is 0 Å². The van der Waals surface area contributed by atoms with E-state index in [9.17, 15) is 5.11 Å². The first kappa shape index (κ1) is 13.4. The Morgan fingerprint density at radius 3 is 2.56 bits per heavy atom. The van der Waals surface area contributed by atoms with Crippen LogP contribution in [-0.4, -0.2) is 10.1 Å². The molecular formula is C13H13Cl2NO2. The second kappa shape index (κ2) is 5.31. The van der Waals surface area contributed by atoms with Gasteiger partial charge in [0.25, 0.3) is 0 Å². The summed E-state index contributed by atoms with van der Waals surface area (Å²) in [5, 5.41) is 10.3. The van der Waals surface area contributed by atoms with E-state index in [0.29, 0.717) is 33.0 Å². The molecule has 0 spiro atoms. The Bertz CT molecular complexity index is 564. The van der Waals surface area contributed by atoms with Crippen LogP contribution in [0.15, 0.2) is 22.6 Å². The lowest BCUT2D eigenvalue weighted by molar-refractivity contribution is 0.273. The molecule has 0 aliphatic rings. The smallest absolute Gasteiger partial charge is 0.228 e. The van der Waals surface area contributed by atoms with E-state index in [2.05, 4.69) is 4.98 Å². The third-order valence-corrected chi connectivity index (χ3v) is 3.11. The van der Waals surface area contributed by atoms with Gasteiger partial charge in [-0.2, -0.15) is 0 Å². The molecule has 96 valence electrons. The van der Waals surface area contributed by atoms with Crippen molar-refractivity contribution in [2.24, 2.45) is 0 Å². The molecule has 2 rings (SSSR count). The van der Waals surface area contributed by atoms with Crippen molar-refractivity contribution in [1.82, 2.24) is 4.98 Å². The average Bonchev–Trinajstić information content (AvgIpc) is 2.73. The Balaban J connectivity index is 2.51. The van der Waals surface area contributed by atoms with Gasteiger partial charge in [0, 0.05) is 10.9 Å². The van der Waals surface area contributed by atoms with Gasteiger partial charge in [0.2, 0.25) is 5.89 Å². The van der Waals surface area contributed by atoms with E-state index < -0.39 is 0 Å². The molecule has 1 aromatic heterocycles. The highest BCUT2D eigenvalue weighted by Gasteiger charge is 2.18. The molecule has 1 N–H and O–H groups in total. The first-order valence-electron chi connectivity index (χ1n) is 5.58. The fourth-order valence-electron chi connectivity index (χ4n) is 1.71. The summed E-state index contributed by atoms with van der Waals surface area (Å²) < 4.78 is 5.68. The van der Waals surface area contributed by atoms with Crippen LogP contribution in [0.1, 0.15) is 31.2 Å². The van der Waals surface area contributed by atoms with Gasteiger partial charge in [0.15, 0.2) is 0 Å². The number of aromatic nitrogens is 1. The third kappa shape index (κ3) is 2.53. The Labute approximate surface area is 115 Å². The van der Waals surface area contributed by atoms with Gasteiger partial charge in [-0.1, -0.05) is 37.0 Å². The summed E-state index contributed by atoms with van der Waals surface area (Å²) in [6.45, 7) is 3.81. The number of rotatable bonds is 3. The van der Waals surface area contributed by atoms with Crippen LogP contribution in [0.2, 0.25) is 10.0 Å². The van der Waals surface area contributed by atoms with E-state index >= 15 is 0 Å². The van der Waals surface area contributed by atoms with Crippen LogP contribution in [0.25, 0.3) is 11.5 Å². The molecule has 18 heavy (non-hydrogen) atoms. The molecule has 0 aliphatic heterocycles. The first-order valence-corrected chi connectivity index (χ1v) is 6.34. The molecule has 2 aromatic rings. The number of oxazole rings is 1. The third-order valence-electron chi connectivity index (χ3n) is 2.56. The van der Waals surface area contributed by atoms with E-state index in [1.807, 2.05) is 13.8 Å². The summed E-state index contributed by atoms with van der Waals surface area (Å²) in [7, 11) is 0. The molecule has 5 heteroatoms. The van der Waals surface area contributed by atoms with Crippen LogP contribution in [0.5, 0.6) is 0 Å². The first-order chi connectivity index (χ1) is 8.52. The zero-order valence-corrected chi connectivity index (χ0v) is 11.6. The predicted octanol–water partition coefficient (Wildman–Crippen LogP) is 4.26.